The number of benzene rings is 1. The van der Waals surface area contributed by atoms with E-state index in [0.717, 1.165) is 12.1 Å². The topological polar surface area (TPSA) is 83.5 Å². The summed E-state index contributed by atoms with van der Waals surface area (Å²) in [5.41, 5.74) is -6.71. The zero-order valence-corrected chi connectivity index (χ0v) is 10.1. The van der Waals surface area contributed by atoms with Gasteiger partial charge < -0.3 is 5.11 Å². The van der Waals surface area contributed by atoms with Crippen LogP contribution < -0.4 is 4.72 Å². The van der Waals surface area contributed by atoms with E-state index in [1.807, 2.05) is 0 Å². The second kappa shape index (κ2) is 5.44. The molecule has 1 rings (SSSR count). The number of carbonyl (C=O) groups is 1. The molecule has 0 spiro atoms. The Morgan fingerprint density at radius 1 is 1.22 bits per heavy atom. The summed E-state index contributed by atoms with van der Waals surface area (Å²) in [6, 6.07) is 4.37. The first-order valence-electron chi connectivity index (χ1n) is 4.06. The molecule has 18 heavy (non-hydrogen) atoms. The summed E-state index contributed by atoms with van der Waals surface area (Å²) in [5.74, 6) is -1.54. The second-order valence-corrected chi connectivity index (χ2v) is 4.58. The fourth-order valence-electron chi connectivity index (χ4n) is 0.961. The third-order valence-electron chi connectivity index (χ3n) is 1.71. The van der Waals surface area contributed by atoms with E-state index in [0.29, 0.717) is 0 Å². The number of sulfonamides is 1. The molecule has 0 bridgehead atoms. The molecule has 0 aliphatic heterocycles. The van der Waals surface area contributed by atoms with Crippen LogP contribution in [-0.4, -0.2) is 25.0 Å². The molecule has 0 fully saturated rings. The lowest BCUT2D eigenvalue weighted by molar-refractivity contribution is -0.0429. The first-order chi connectivity index (χ1) is 7.65. The zero-order chi connectivity index (χ0) is 13.3. The lowest BCUT2D eigenvalue weighted by Crippen LogP contribution is -2.30. The number of para-hydroxylation sites is 1. The van der Waals surface area contributed by atoms with Gasteiger partial charge in [-0.05, 0) is 12.1 Å². The molecule has 10 heteroatoms. The highest BCUT2D eigenvalue weighted by Gasteiger charge is 2.46. The predicted octanol–water partition coefficient (Wildman–Crippen LogP) is 2.07. The number of hydrogen-bond donors (Lipinski definition) is 2. The van der Waals surface area contributed by atoms with Crippen molar-refractivity contribution in [3.8, 4) is 0 Å². The van der Waals surface area contributed by atoms with E-state index in [9.17, 15) is 26.4 Å². The van der Waals surface area contributed by atoms with E-state index in [2.05, 4.69) is 0 Å². The molecule has 1 aromatic carbocycles. The Bertz CT molecular complexity index is 544. The summed E-state index contributed by atoms with van der Waals surface area (Å²) in [6.07, 6.45) is 0. The Hall–Kier alpha value is -1.48. The molecular formula is C8H7ClF3NO4S. The number of halogens is 4. The summed E-state index contributed by atoms with van der Waals surface area (Å²) < 4.78 is 58.9. The van der Waals surface area contributed by atoms with Crippen molar-refractivity contribution in [2.24, 2.45) is 0 Å². The number of carboxylic acids is 1. The van der Waals surface area contributed by atoms with Gasteiger partial charge in [-0.15, -0.1) is 12.4 Å². The molecule has 0 aliphatic rings. The quantitative estimate of drug-likeness (QED) is 0.895. The maximum Gasteiger partial charge on any atom is 0.516 e. The van der Waals surface area contributed by atoms with E-state index < -0.39 is 32.8 Å². The third kappa shape index (κ3) is 3.50. The van der Waals surface area contributed by atoms with Gasteiger partial charge in [-0.1, -0.05) is 12.1 Å². The summed E-state index contributed by atoms with van der Waals surface area (Å²) in [6.45, 7) is 0. The van der Waals surface area contributed by atoms with Crippen LogP contribution in [0.1, 0.15) is 10.4 Å². The standard InChI is InChI=1S/C8H6F3NO4S.ClH/c9-8(10,11)17(15,16)12-6-4-2-1-3-5(6)7(13)14;/h1-4,12H,(H,13,14);1H. The van der Waals surface area contributed by atoms with E-state index >= 15 is 0 Å². The van der Waals surface area contributed by atoms with Crippen LogP contribution in [0.2, 0.25) is 0 Å². The minimum Gasteiger partial charge on any atom is -0.478 e. The molecule has 0 aromatic heterocycles. The van der Waals surface area contributed by atoms with E-state index in [4.69, 9.17) is 5.11 Å². The van der Waals surface area contributed by atoms with Gasteiger partial charge >= 0.3 is 21.5 Å². The molecule has 0 amide bonds. The highest BCUT2D eigenvalue weighted by atomic mass is 35.5. The Labute approximate surface area is 106 Å². The fourth-order valence-corrected chi connectivity index (χ4v) is 1.54. The Kier molecular flexibility index (Phi) is 4.99. The van der Waals surface area contributed by atoms with Crippen LogP contribution in [0.4, 0.5) is 18.9 Å². The first-order valence-corrected chi connectivity index (χ1v) is 5.55. The van der Waals surface area contributed by atoms with Crippen molar-refractivity contribution in [2.75, 3.05) is 4.72 Å². The minimum absolute atomic E-state index is 0. The highest BCUT2D eigenvalue weighted by molar-refractivity contribution is 7.93. The van der Waals surface area contributed by atoms with E-state index in [1.165, 1.54) is 16.9 Å². The van der Waals surface area contributed by atoms with Crippen LogP contribution >= 0.6 is 12.4 Å². The van der Waals surface area contributed by atoms with E-state index in [1.54, 1.807) is 0 Å². The van der Waals surface area contributed by atoms with Crippen molar-refractivity contribution in [1.82, 2.24) is 0 Å². The summed E-state index contributed by atoms with van der Waals surface area (Å²) in [4.78, 5) is 10.6. The SMILES string of the molecule is Cl.O=C(O)c1ccccc1NS(=O)(=O)C(F)(F)F. The minimum atomic E-state index is -5.62. The molecule has 1 aromatic rings. The maximum absolute atomic E-state index is 12.1. The Morgan fingerprint density at radius 3 is 2.17 bits per heavy atom. The van der Waals surface area contributed by atoms with Gasteiger partial charge in [0.05, 0.1) is 11.3 Å². The maximum atomic E-state index is 12.1. The lowest BCUT2D eigenvalue weighted by atomic mass is 10.2. The van der Waals surface area contributed by atoms with Gasteiger partial charge in [0.15, 0.2) is 0 Å². The molecule has 0 atom stereocenters. The number of rotatable bonds is 3. The zero-order valence-electron chi connectivity index (χ0n) is 8.43. The lowest BCUT2D eigenvalue weighted by Gasteiger charge is -2.11. The smallest absolute Gasteiger partial charge is 0.478 e. The second-order valence-electron chi connectivity index (χ2n) is 2.90. The van der Waals surface area contributed by atoms with Crippen molar-refractivity contribution >= 4 is 34.1 Å². The van der Waals surface area contributed by atoms with Crippen molar-refractivity contribution in [2.45, 2.75) is 5.51 Å². The van der Waals surface area contributed by atoms with Gasteiger partial charge in [0, 0.05) is 0 Å². The predicted molar refractivity (Wildman–Crippen MR) is 59.2 cm³/mol. The largest absolute Gasteiger partial charge is 0.516 e. The number of hydrogen-bond acceptors (Lipinski definition) is 3. The monoisotopic (exact) mass is 305 g/mol. The van der Waals surface area contributed by atoms with Crippen LogP contribution in [0.15, 0.2) is 24.3 Å². The molecule has 0 saturated carbocycles. The normalized spacial score (nSPS) is 11.5. The van der Waals surface area contributed by atoms with Crippen LogP contribution in [-0.2, 0) is 10.0 Å². The summed E-state index contributed by atoms with van der Waals surface area (Å²) in [5, 5.41) is 8.65. The number of nitrogens with one attached hydrogen (secondary N) is 1. The molecule has 0 radical (unpaired) electrons. The van der Waals surface area contributed by atoms with E-state index in [-0.39, 0.29) is 12.4 Å². The van der Waals surface area contributed by atoms with Crippen molar-refractivity contribution in [3.63, 3.8) is 0 Å². The molecule has 102 valence electrons. The van der Waals surface area contributed by atoms with Crippen molar-refractivity contribution in [1.29, 1.82) is 0 Å². The summed E-state index contributed by atoms with van der Waals surface area (Å²) >= 11 is 0. The molecule has 0 saturated heterocycles. The number of carboxylic acid groups (broad SMARTS) is 1. The van der Waals surface area contributed by atoms with Gasteiger partial charge in [0.2, 0.25) is 0 Å². The van der Waals surface area contributed by atoms with Gasteiger partial charge in [0.25, 0.3) is 0 Å². The van der Waals surface area contributed by atoms with Crippen molar-refractivity contribution in [3.05, 3.63) is 29.8 Å². The number of anilines is 1. The molecule has 0 heterocycles. The van der Waals surface area contributed by atoms with Gasteiger partial charge in [-0.3, -0.25) is 4.72 Å². The van der Waals surface area contributed by atoms with Crippen LogP contribution in [0, 0.1) is 0 Å². The molecule has 5 nitrogen and oxygen atoms in total. The number of aromatic carboxylic acids is 1. The van der Waals surface area contributed by atoms with Crippen LogP contribution in [0.25, 0.3) is 0 Å². The fraction of sp³-hybridized carbons (Fsp3) is 0.125. The van der Waals surface area contributed by atoms with Gasteiger partial charge in [-0.2, -0.15) is 21.6 Å². The molecular weight excluding hydrogens is 299 g/mol. The summed E-state index contributed by atoms with van der Waals surface area (Å²) in [7, 11) is -5.62. The Balaban J connectivity index is 0.00000289. The van der Waals surface area contributed by atoms with Crippen molar-refractivity contribution < 1.29 is 31.5 Å². The Morgan fingerprint density at radius 2 is 1.72 bits per heavy atom. The molecule has 2 N–H and O–H groups in total. The molecule has 0 aliphatic carbocycles. The number of alkyl halides is 3. The van der Waals surface area contributed by atoms with Crippen LogP contribution in [0.3, 0.4) is 0 Å². The highest BCUT2D eigenvalue weighted by Crippen LogP contribution is 2.26. The van der Waals surface area contributed by atoms with Gasteiger partial charge in [0.1, 0.15) is 0 Å². The average Bonchev–Trinajstić information content (AvgIpc) is 2.15. The first kappa shape index (κ1) is 16.5. The third-order valence-corrected chi connectivity index (χ3v) is 2.80. The molecule has 0 unspecified atom stereocenters. The van der Waals surface area contributed by atoms with Gasteiger partial charge in [-0.25, -0.2) is 4.79 Å². The van der Waals surface area contributed by atoms with Crippen LogP contribution in [0.5, 0.6) is 0 Å². The average molecular weight is 306 g/mol.